The highest BCUT2D eigenvalue weighted by Crippen LogP contribution is 2.51. The normalized spacial score (nSPS) is 22.3. The third kappa shape index (κ3) is 1.97. The first-order valence-corrected chi connectivity index (χ1v) is 8.09. The lowest BCUT2D eigenvalue weighted by molar-refractivity contribution is 0.722. The Hall–Kier alpha value is -2.10. The quantitative estimate of drug-likeness (QED) is 0.937. The summed E-state index contributed by atoms with van der Waals surface area (Å²) < 4.78 is 0. The van der Waals surface area contributed by atoms with Gasteiger partial charge in [-0.15, -0.1) is 0 Å². The van der Waals surface area contributed by atoms with Crippen LogP contribution in [-0.2, 0) is 0 Å². The van der Waals surface area contributed by atoms with Crippen LogP contribution in [0.2, 0.25) is 0 Å². The van der Waals surface area contributed by atoms with Gasteiger partial charge in [-0.2, -0.15) is 4.98 Å². The zero-order valence-electron chi connectivity index (χ0n) is 13.4. The summed E-state index contributed by atoms with van der Waals surface area (Å²) in [6, 6.07) is 11.5. The SMILES string of the molecule is CNc1nc(C(C)C)cc(N2C[C@H]3C[C@H]2c2ccccc23)n1. The summed E-state index contributed by atoms with van der Waals surface area (Å²) in [5, 5.41) is 3.10. The molecular formula is C18H22N4. The van der Waals surface area contributed by atoms with Gasteiger partial charge in [0.15, 0.2) is 0 Å². The molecule has 4 rings (SSSR count). The van der Waals surface area contributed by atoms with E-state index in [9.17, 15) is 0 Å². The number of hydrogen-bond donors (Lipinski definition) is 1. The molecule has 2 heterocycles. The maximum absolute atomic E-state index is 4.71. The molecule has 1 saturated heterocycles. The molecule has 1 aliphatic heterocycles. The van der Waals surface area contributed by atoms with Crippen LogP contribution in [0.3, 0.4) is 0 Å². The van der Waals surface area contributed by atoms with E-state index in [2.05, 4.69) is 59.4 Å². The Labute approximate surface area is 131 Å². The Morgan fingerprint density at radius 1 is 1.18 bits per heavy atom. The molecule has 1 aromatic carbocycles. The van der Waals surface area contributed by atoms with Crippen molar-refractivity contribution in [1.82, 2.24) is 9.97 Å². The zero-order valence-corrected chi connectivity index (χ0v) is 13.4. The van der Waals surface area contributed by atoms with Gasteiger partial charge in [0.1, 0.15) is 5.82 Å². The Morgan fingerprint density at radius 3 is 2.68 bits per heavy atom. The molecule has 2 bridgehead atoms. The summed E-state index contributed by atoms with van der Waals surface area (Å²) in [6.45, 7) is 5.42. The van der Waals surface area contributed by atoms with Crippen molar-refractivity contribution in [2.24, 2.45) is 0 Å². The fraction of sp³-hybridized carbons (Fsp3) is 0.444. The predicted molar refractivity (Wildman–Crippen MR) is 89.6 cm³/mol. The van der Waals surface area contributed by atoms with Crippen molar-refractivity contribution in [2.75, 3.05) is 23.8 Å². The number of nitrogens with one attached hydrogen (secondary N) is 1. The molecule has 114 valence electrons. The van der Waals surface area contributed by atoms with Gasteiger partial charge in [-0.1, -0.05) is 38.1 Å². The third-order valence-corrected chi connectivity index (χ3v) is 4.94. The average molecular weight is 294 g/mol. The second kappa shape index (κ2) is 4.97. The summed E-state index contributed by atoms with van der Waals surface area (Å²) >= 11 is 0. The molecule has 1 fully saturated rings. The van der Waals surface area contributed by atoms with Crippen LogP contribution < -0.4 is 10.2 Å². The molecular weight excluding hydrogens is 272 g/mol. The van der Waals surface area contributed by atoms with Gasteiger partial charge in [0.05, 0.1) is 11.7 Å². The maximum atomic E-state index is 4.71. The Morgan fingerprint density at radius 2 is 1.95 bits per heavy atom. The highest BCUT2D eigenvalue weighted by molar-refractivity contribution is 5.55. The maximum Gasteiger partial charge on any atom is 0.224 e. The fourth-order valence-electron chi connectivity index (χ4n) is 3.80. The van der Waals surface area contributed by atoms with Crippen molar-refractivity contribution in [2.45, 2.75) is 38.1 Å². The van der Waals surface area contributed by atoms with E-state index in [4.69, 9.17) is 4.98 Å². The summed E-state index contributed by atoms with van der Waals surface area (Å²) in [7, 11) is 1.88. The van der Waals surface area contributed by atoms with E-state index in [0.717, 1.165) is 24.0 Å². The summed E-state index contributed by atoms with van der Waals surface area (Å²) in [5.74, 6) is 2.83. The molecule has 0 spiro atoms. The van der Waals surface area contributed by atoms with E-state index in [0.29, 0.717) is 17.9 Å². The molecule has 0 amide bonds. The van der Waals surface area contributed by atoms with Crippen LogP contribution in [0.15, 0.2) is 30.3 Å². The number of benzene rings is 1. The zero-order chi connectivity index (χ0) is 15.3. The Kier molecular flexibility index (Phi) is 3.06. The average Bonchev–Trinajstić information content (AvgIpc) is 3.14. The molecule has 0 saturated carbocycles. The topological polar surface area (TPSA) is 41.1 Å². The van der Waals surface area contributed by atoms with E-state index < -0.39 is 0 Å². The van der Waals surface area contributed by atoms with Crippen LogP contribution in [0, 0.1) is 0 Å². The van der Waals surface area contributed by atoms with Gasteiger partial charge in [0.25, 0.3) is 0 Å². The van der Waals surface area contributed by atoms with Crippen LogP contribution in [0.5, 0.6) is 0 Å². The van der Waals surface area contributed by atoms with Gasteiger partial charge in [0.2, 0.25) is 5.95 Å². The van der Waals surface area contributed by atoms with E-state index >= 15 is 0 Å². The standard InChI is InChI=1S/C18H22N4/c1-11(2)15-9-17(21-18(19-3)20-15)22-10-12-8-16(22)14-7-5-4-6-13(12)14/h4-7,9,11-12,16H,8,10H2,1-3H3,(H,19,20,21)/t12-,16+/m1/s1. The fourth-order valence-corrected chi connectivity index (χ4v) is 3.80. The summed E-state index contributed by atoms with van der Waals surface area (Å²) in [5.41, 5.74) is 4.12. The molecule has 4 nitrogen and oxygen atoms in total. The lowest BCUT2D eigenvalue weighted by Gasteiger charge is -2.30. The number of aromatic nitrogens is 2. The molecule has 1 aromatic heterocycles. The second-order valence-electron chi connectivity index (χ2n) is 6.61. The largest absolute Gasteiger partial charge is 0.357 e. The molecule has 2 aliphatic rings. The minimum absolute atomic E-state index is 0.404. The third-order valence-electron chi connectivity index (χ3n) is 4.94. The molecule has 4 heteroatoms. The Balaban J connectivity index is 1.74. The van der Waals surface area contributed by atoms with Gasteiger partial charge >= 0.3 is 0 Å². The lowest BCUT2D eigenvalue weighted by Crippen LogP contribution is -2.28. The highest BCUT2D eigenvalue weighted by Gasteiger charge is 2.42. The van der Waals surface area contributed by atoms with Crippen molar-refractivity contribution in [1.29, 1.82) is 0 Å². The van der Waals surface area contributed by atoms with Gasteiger partial charge < -0.3 is 10.2 Å². The van der Waals surface area contributed by atoms with Gasteiger partial charge in [0, 0.05) is 25.6 Å². The van der Waals surface area contributed by atoms with Crippen molar-refractivity contribution in [3.8, 4) is 0 Å². The molecule has 0 radical (unpaired) electrons. The number of nitrogens with zero attached hydrogens (tertiary/aromatic N) is 3. The number of fused-ring (bicyclic) bond motifs is 5. The van der Waals surface area contributed by atoms with E-state index in [1.54, 1.807) is 0 Å². The first-order chi connectivity index (χ1) is 10.7. The van der Waals surface area contributed by atoms with Crippen molar-refractivity contribution < 1.29 is 0 Å². The first-order valence-electron chi connectivity index (χ1n) is 8.09. The first kappa shape index (κ1) is 13.6. The predicted octanol–water partition coefficient (Wildman–Crippen LogP) is 3.69. The van der Waals surface area contributed by atoms with Gasteiger partial charge in [-0.3, -0.25) is 0 Å². The summed E-state index contributed by atoms with van der Waals surface area (Å²) in [4.78, 5) is 11.8. The molecule has 0 unspecified atom stereocenters. The van der Waals surface area contributed by atoms with E-state index in [1.165, 1.54) is 17.5 Å². The van der Waals surface area contributed by atoms with Gasteiger partial charge in [-0.25, -0.2) is 4.98 Å². The smallest absolute Gasteiger partial charge is 0.224 e. The van der Waals surface area contributed by atoms with E-state index in [-0.39, 0.29) is 0 Å². The summed E-state index contributed by atoms with van der Waals surface area (Å²) in [6.07, 6.45) is 1.22. The van der Waals surface area contributed by atoms with Crippen LogP contribution in [-0.4, -0.2) is 23.6 Å². The monoisotopic (exact) mass is 294 g/mol. The molecule has 2 atom stereocenters. The number of rotatable bonds is 3. The van der Waals surface area contributed by atoms with Crippen molar-refractivity contribution in [3.05, 3.63) is 47.2 Å². The molecule has 22 heavy (non-hydrogen) atoms. The minimum Gasteiger partial charge on any atom is -0.357 e. The van der Waals surface area contributed by atoms with Crippen molar-refractivity contribution in [3.63, 3.8) is 0 Å². The van der Waals surface area contributed by atoms with Gasteiger partial charge in [-0.05, 0) is 23.5 Å². The van der Waals surface area contributed by atoms with E-state index in [1.807, 2.05) is 7.05 Å². The molecule has 1 aliphatic carbocycles. The van der Waals surface area contributed by atoms with Crippen LogP contribution >= 0.6 is 0 Å². The molecule has 1 N–H and O–H groups in total. The van der Waals surface area contributed by atoms with Crippen LogP contribution in [0.4, 0.5) is 11.8 Å². The second-order valence-corrected chi connectivity index (χ2v) is 6.61. The highest BCUT2D eigenvalue weighted by atomic mass is 15.3. The molecule has 2 aromatic rings. The number of hydrogen-bond acceptors (Lipinski definition) is 4. The van der Waals surface area contributed by atoms with Crippen LogP contribution in [0.1, 0.15) is 55.0 Å². The Bertz CT molecular complexity index is 710. The number of anilines is 2. The lowest BCUT2D eigenvalue weighted by atomic mass is 9.99. The van der Waals surface area contributed by atoms with Crippen molar-refractivity contribution >= 4 is 11.8 Å². The van der Waals surface area contributed by atoms with Crippen LogP contribution in [0.25, 0.3) is 0 Å². The minimum atomic E-state index is 0.404.